The summed E-state index contributed by atoms with van der Waals surface area (Å²) in [5, 5.41) is 19.1. The van der Waals surface area contributed by atoms with E-state index in [2.05, 4.69) is 16.0 Å². The lowest BCUT2D eigenvalue weighted by molar-refractivity contribution is 0.0844. The molecule has 0 radical (unpaired) electrons. The summed E-state index contributed by atoms with van der Waals surface area (Å²) in [6.07, 6.45) is 6.64. The number of rotatable bonds is 16. The van der Waals surface area contributed by atoms with Crippen molar-refractivity contribution in [1.82, 2.24) is 16.0 Å². The van der Waals surface area contributed by atoms with Crippen LogP contribution in [0.5, 0.6) is 0 Å². The Kier molecular flexibility index (Phi) is 16.9. The molecular formula is C18H38N4O3. The molecular weight excluding hydrogens is 320 g/mol. The van der Waals surface area contributed by atoms with Gasteiger partial charge >= 0.3 is 6.09 Å². The summed E-state index contributed by atoms with van der Waals surface area (Å²) in [7, 11) is 0. The van der Waals surface area contributed by atoms with Crippen LogP contribution in [0, 0.1) is 5.92 Å². The van der Waals surface area contributed by atoms with E-state index in [4.69, 9.17) is 10.5 Å². The number of carbonyl (C=O) groups excluding carboxylic acids is 1. The lowest BCUT2D eigenvalue weighted by Gasteiger charge is -2.15. The summed E-state index contributed by atoms with van der Waals surface area (Å²) in [6.45, 7) is 9.11. The molecule has 6 N–H and O–H groups in total. The number of amides is 1. The van der Waals surface area contributed by atoms with Crippen LogP contribution in [0.4, 0.5) is 4.79 Å². The first-order valence-corrected chi connectivity index (χ1v) is 9.44. The van der Waals surface area contributed by atoms with Gasteiger partial charge in [0.15, 0.2) is 0 Å². The first kappa shape index (κ1) is 23.9. The van der Waals surface area contributed by atoms with Crippen LogP contribution in [0.3, 0.4) is 0 Å². The molecule has 0 aliphatic heterocycles. The van der Waals surface area contributed by atoms with Crippen LogP contribution in [-0.2, 0) is 4.74 Å². The molecule has 0 saturated carbocycles. The predicted octanol–water partition coefficient (Wildman–Crippen LogP) is 0.984. The highest BCUT2D eigenvalue weighted by atomic mass is 16.5. The zero-order valence-corrected chi connectivity index (χ0v) is 15.9. The SMILES string of the molecule is C/C=C/[C@@H](O)[C@@H](C)COC(=O)NCCCNCCCCNCCCN. The molecule has 7 heteroatoms. The maximum absolute atomic E-state index is 11.5. The third-order valence-electron chi connectivity index (χ3n) is 3.76. The Morgan fingerprint density at radius 3 is 2.28 bits per heavy atom. The molecule has 0 saturated heterocycles. The summed E-state index contributed by atoms with van der Waals surface area (Å²) in [6, 6.07) is 0. The number of unbranched alkanes of at least 4 members (excludes halogenated alkanes) is 1. The van der Waals surface area contributed by atoms with Crippen LogP contribution in [-0.4, -0.2) is 63.2 Å². The number of carbonyl (C=O) groups is 1. The number of nitrogens with one attached hydrogen (secondary N) is 3. The number of hydrogen-bond acceptors (Lipinski definition) is 6. The molecule has 0 heterocycles. The van der Waals surface area contributed by atoms with Crippen LogP contribution in [0.25, 0.3) is 0 Å². The molecule has 0 aliphatic rings. The highest BCUT2D eigenvalue weighted by molar-refractivity contribution is 5.67. The fourth-order valence-electron chi connectivity index (χ4n) is 2.12. The minimum absolute atomic E-state index is 0.117. The van der Waals surface area contributed by atoms with Crippen LogP contribution in [0.15, 0.2) is 12.2 Å². The Hall–Kier alpha value is -1.15. The van der Waals surface area contributed by atoms with E-state index in [-0.39, 0.29) is 12.5 Å². The summed E-state index contributed by atoms with van der Waals surface area (Å²) >= 11 is 0. The third kappa shape index (κ3) is 16.1. The van der Waals surface area contributed by atoms with E-state index in [1.54, 1.807) is 12.2 Å². The minimum Gasteiger partial charge on any atom is -0.449 e. The molecule has 0 aromatic carbocycles. The monoisotopic (exact) mass is 358 g/mol. The summed E-state index contributed by atoms with van der Waals surface area (Å²) in [5.74, 6) is -0.117. The number of ether oxygens (including phenoxy) is 1. The Morgan fingerprint density at radius 1 is 1.08 bits per heavy atom. The van der Waals surface area contributed by atoms with Crippen molar-refractivity contribution in [1.29, 1.82) is 0 Å². The van der Waals surface area contributed by atoms with Gasteiger partial charge in [-0.1, -0.05) is 19.1 Å². The van der Waals surface area contributed by atoms with E-state index in [0.717, 1.165) is 58.4 Å². The van der Waals surface area contributed by atoms with Gasteiger partial charge in [0.2, 0.25) is 0 Å². The number of aliphatic hydroxyl groups excluding tert-OH is 1. The van der Waals surface area contributed by atoms with Crippen LogP contribution >= 0.6 is 0 Å². The second-order valence-electron chi connectivity index (χ2n) is 6.22. The van der Waals surface area contributed by atoms with Crippen molar-refractivity contribution in [3.8, 4) is 0 Å². The van der Waals surface area contributed by atoms with Crippen molar-refractivity contribution < 1.29 is 14.6 Å². The fraction of sp³-hybridized carbons (Fsp3) is 0.833. The Balaban J connectivity index is 3.35. The van der Waals surface area contributed by atoms with Crippen molar-refractivity contribution in [2.45, 2.75) is 45.6 Å². The van der Waals surface area contributed by atoms with Gasteiger partial charge in [-0.3, -0.25) is 0 Å². The Bertz CT molecular complexity index is 340. The van der Waals surface area contributed by atoms with Crippen LogP contribution < -0.4 is 21.7 Å². The highest BCUT2D eigenvalue weighted by Gasteiger charge is 2.13. The van der Waals surface area contributed by atoms with Gasteiger partial charge in [0, 0.05) is 12.5 Å². The molecule has 0 bridgehead atoms. The molecule has 0 aromatic rings. The van der Waals surface area contributed by atoms with Gasteiger partial charge < -0.3 is 31.5 Å². The first-order valence-electron chi connectivity index (χ1n) is 9.44. The zero-order valence-electron chi connectivity index (χ0n) is 15.9. The fourth-order valence-corrected chi connectivity index (χ4v) is 2.12. The van der Waals surface area contributed by atoms with Gasteiger partial charge in [0.05, 0.1) is 12.7 Å². The largest absolute Gasteiger partial charge is 0.449 e. The number of alkyl carbamates (subject to hydrolysis) is 1. The molecule has 0 rings (SSSR count). The second-order valence-corrected chi connectivity index (χ2v) is 6.22. The van der Waals surface area contributed by atoms with Gasteiger partial charge in [-0.25, -0.2) is 4.79 Å². The summed E-state index contributed by atoms with van der Waals surface area (Å²) < 4.78 is 5.09. The molecule has 1 amide bonds. The van der Waals surface area contributed by atoms with E-state index in [1.807, 2.05) is 13.8 Å². The predicted molar refractivity (Wildman–Crippen MR) is 103 cm³/mol. The summed E-state index contributed by atoms with van der Waals surface area (Å²) in [4.78, 5) is 11.5. The minimum atomic E-state index is -0.585. The molecule has 2 atom stereocenters. The highest BCUT2D eigenvalue weighted by Crippen LogP contribution is 2.05. The third-order valence-corrected chi connectivity index (χ3v) is 3.76. The van der Waals surface area contributed by atoms with Crippen molar-refractivity contribution >= 4 is 6.09 Å². The van der Waals surface area contributed by atoms with E-state index in [9.17, 15) is 9.90 Å². The quantitative estimate of drug-likeness (QED) is 0.208. The van der Waals surface area contributed by atoms with E-state index in [0.29, 0.717) is 6.54 Å². The van der Waals surface area contributed by atoms with Crippen molar-refractivity contribution in [3.05, 3.63) is 12.2 Å². The lowest BCUT2D eigenvalue weighted by atomic mass is 10.1. The average molecular weight is 359 g/mol. The van der Waals surface area contributed by atoms with Crippen molar-refractivity contribution in [2.75, 3.05) is 45.9 Å². The lowest BCUT2D eigenvalue weighted by Crippen LogP contribution is -2.31. The van der Waals surface area contributed by atoms with E-state index >= 15 is 0 Å². The number of allylic oxidation sites excluding steroid dienone is 1. The van der Waals surface area contributed by atoms with Gasteiger partial charge in [-0.2, -0.15) is 0 Å². The molecule has 0 spiro atoms. The number of nitrogens with two attached hydrogens (primary N) is 1. The molecule has 7 nitrogen and oxygen atoms in total. The van der Waals surface area contributed by atoms with Gasteiger partial charge in [-0.15, -0.1) is 0 Å². The van der Waals surface area contributed by atoms with Crippen molar-refractivity contribution in [2.24, 2.45) is 11.7 Å². The standard InChI is InChI=1S/C18H38N4O3/c1-3-8-17(23)16(2)15-25-18(24)22-14-7-13-21-11-5-4-10-20-12-6-9-19/h3,8,16-17,20-21,23H,4-7,9-15,19H2,1-2H3,(H,22,24)/b8-3+/t16-,17+/m0/s1. The zero-order chi connectivity index (χ0) is 18.8. The smallest absolute Gasteiger partial charge is 0.407 e. The number of aliphatic hydroxyl groups is 1. The maximum atomic E-state index is 11.5. The molecule has 0 aliphatic carbocycles. The molecule has 0 unspecified atom stereocenters. The average Bonchev–Trinajstić information content (AvgIpc) is 2.60. The van der Waals surface area contributed by atoms with Crippen LogP contribution in [0.1, 0.15) is 39.5 Å². The van der Waals surface area contributed by atoms with Gasteiger partial charge in [0.25, 0.3) is 0 Å². The molecule has 0 aromatic heterocycles. The molecule has 148 valence electrons. The second kappa shape index (κ2) is 17.7. The first-order chi connectivity index (χ1) is 12.1. The Morgan fingerprint density at radius 2 is 1.68 bits per heavy atom. The van der Waals surface area contributed by atoms with Gasteiger partial charge in [-0.05, 0) is 65.3 Å². The normalized spacial score (nSPS) is 13.8. The van der Waals surface area contributed by atoms with E-state index < -0.39 is 12.2 Å². The topological polar surface area (TPSA) is 109 Å². The van der Waals surface area contributed by atoms with Gasteiger partial charge in [0.1, 0.15) is 0 Å². The Labute approximate surface area is 152 Å². The molecule has 0 fully saturated rings. The molecule has 25 heavy (non-hydrogen) atoms. The van der Waals surface area contributed by atoms with Crippen molar-refractivity contribution in [3.63, 3.8) is 0 Å². The van der Waals surface area contributed by atoms with Crippen LogP contribution in [0.2, 0.25) is 0 Å². The van der Waals surface area contributed by atoms with E-state index in [1.165, 1.54) is 0 Å². The number of hydrogen-bond donors (Lipinski definition) is 5. The summed E-state index contributed by atoms with van der Waals surface area (Å²) in [5.41, 5.74) is 5.42. The maximum Gasteiger partial charge on any atom is 0.407 e.